The number of nitrogens with zero attached hydrogens (tertiary/aromatic N) is 4. The number of aliphatic hydroxyl groups excluding tert-OH is 1. The van der Waals surface area contributed by atoms with Crippen molar-refractivity contribution in [2.45, 2.75) is 26.5 Å². The van der Waals surface area contributed by atoms with Crippen molar-refractivity contribution in [1.29, 1.82) is 0 Å². The number of aliphatic hydroxyl groups is 1. The number of aromatic nitrogens is 4. The van der Waals surface area contributed by atoms with Crippen molar-refractivity contribution < 1.29 is 18.7 Å². The Kier molecular flexibility index (Phi) is 5.84. The van der Waals surface area contributed by atoms with Crippen LogP contribution in [0.3, 0.4) is 0 Å². The lowest BCUT2D eigenvalue weighted by Gasteiger charge is -2.13. The fourth-order valence-corrected chi connectivity index (χ4v) is 3.36. The van der Waals surface area contributed by atoms with E-state index in [1.165, 1.54) is 24.5 Å². The van der Waals surface area contributed by atoms with Gasteiger partial charge in [-0.15, -0.1) is 0 Å². The molecule has 2 rings (SSSR count). The van der Waals surface area contributed by atoms with Crippen molar-refractivity contribution in [2.75, 3.05) is 18.9 Å². The lowest BCUT2D eigenvalue weighted by atomic mass is 10.3. The van der Waals surface area contributed by atoms with Gasteiger partial charge in [0.1, 0.15) is 11.8 Å². The van der Waals surface area contributed by atoms with Crippen molar-refractivity contribution in [3.8, 4) is 0 Å². The summed E-state index contributed by atoms with van der Waals surface area (Å²) in [7, 11) is -3.33. The van der Waals surface area contributed by atoms with Crippen LogP contribution >= 0.6 is 7.60 Å². The quantitative estimate of drug-likeness (QED) is 0.693. The number of rotatable bonds is 8. The van der Waals surface area contributed by atoms with Gasteiger partial charge in [-0.25, -0.2) is 15.0 Å². The molecule has 1 atom stereocenters. The highest BCUT2D eigenvalue weighted by molar-refractivity contribution is 7.57. The largest absolute Gasteiger partial charge is 0.387 e. The summed E-state index contributed by atoms with van der Waals surface area (Å²) in [4.78, 5) is 12.1. The van der Waals surface area contributed by atoms with Crippen LogP contribution in [0.4, 0.5) is 5.82 Å². The van der Waals surface area contributed by atoms with Gasteiger partial charge in [0, 0.05) is 5.82 Å². The molecule has 0 bridgehead atoms. The van der Waals surface area contributed by atoms with Crippen LogP contribution in [0, 0.1) is 0 Å². The smallest absolute Gasteiger partial charge is 0.353 e. The first kappa shape index (κ1) is 17.6. The molecule has 2 heterocycles. The maximum atomic E-state index is 12.3. The predicted molar refractivity (Wildman–Crippen MR) is 85.7 cm³/mol. The second-order valence-electron chi connectivity index (χ2n) is 4.61. The molecule has 0 amide bonds. The minimum Gasteiger partial charge on any atom is -0.387 e. The van der Waals surface area contributed by atoms with E-state index < -0.39 is 13.7 Å². The molecular formula is C13H20N5O4P. The monoisotopic (exact) mass is 341 g/mol. The van der Waals surface area contributed by atoms with Crippen LogP contribution in [0.2, 0.25) is 0 Å². The lowest BCUT2D eigenvalue weighted by Crippen LogP contribution is -2.13. The summed E-state index contributed by atoms with van der Waals surface area (Å²) in [6, 6.07) is 0. The Morgan fingerprint density at radius 3 is 2.70 bits per heavy atom. The van der Waals surface area contributed by atoms with E-state index in [9.17, 15) is 9.67 Å². The second kappa shape index (κ2) is 7.65. The van der Waals surface area contributed by atoms with Crippen LogP contribution in [0.5, 0.6) is 0 Å². The van der Waals surface area contributed by atoms with Gasteiger partial charge in [-0.2, -0.15) is 0 Å². The van der Waals surface area contributed by atoms with Crippen molar-refractivity contribution in [2.24, 2.45) is 0 Å². The molecule has 10 heteroatoms. The minimum absolute atomic E-state index is 0.168. The summed E-state index contributed by atoms with van der Waals surface area (Å²) >= 11 is 0. The number of hydrogen-bond donors (Lipinski definition) is 2. The molecule has 23 heavy (non-hydrogen) atoms. The van der Waals surface area contributed by atoms with Gasteiger partial charge >= 0.3 is 7.60 Å². The van der Waals surface area contributed by atoms with E-state index in [-0.39, 0.29) is 25.6 Å². The molecule has 0 saturated heterocycles. The Hall–Kier alpha value is -1.80. The van der Waals surface area contributed by atoms with Crippen molar-refractivity contribution in [3.05, 3.63) is 24.5 Å². The summed E-state index contributed by atoms with van der Waals surface area (Å²) < 4.78 is 24.2. The van der Waals surface area contributed by atoms with Gasteiger partial charge in [-0.3, -0.25) is 4.57 Å². The Balaban J connectivity index is 2.11. The van der Waals surface area contributed by atoms with E-state index in [1.54, 1.807) is 18.4 Å². The average Bonchev–Trinajstić information content (AvgIpc) is 2.91. The third-order valence-corrected chi connectivity index (χ3v) is 4.70. The Bertz CT molecular complexity index is 722. The molecule has 0 aliphatic carbocycles. The molecule has 0 spiro atoms. The van der Waals surface area contributed by atoms with E-state index in [1.807, 2.05) is 0 Å². The molecule has 2 aromatic rings. The van der Waals surface area contributed by atoms with Gasteiger partial charge in [0.2, 0.25) is 0 Å². The summed E-state index contributed by atoms with van der Waals surface area (Å²) in [5.74, 6) is 1.55. The number of nitrogen functional groups attached to an aromatic ring is 1. The predicted octanol–water partition coefficient (Wildman–Crippen LogP) is 1.55. The first-order valence-electron chi connectivity index (χ1n) is 7.16. The van der Waals surface area contributed by atoms with Crippen LogP contribution in [-0.2, 0) is 20.2 Å². The summed E-state index contributed by atoms with van der Waals surface area (Å²) in [5, 5.41) is 10.1. The molecule has 0 radical (unpaired) electrons. The van der Waals surface area contributed by atoms with Crippen LogP contribution < -0.4 is 5.73 Å². The number of hydrogen-bond acceptors (Lipinski definition) is 8. The maximum Gasteiger partial charge on any atom is 0.353 e. The van der Waals surface area contributed by atoms with E-state index in [0.717, 1.165) is 0 Å². The SMILES string of the molecule is CCOP(=O)(C=C[C@@H](O)Cn1cnc2c(N)ncnc21)OCC. The zero-order chi connectivity index (χ0) is 16.9. The Morgan fingerprint density at radius 2 is 2.04 bits per heavy atom. The van der Waals surface area contributed by atoms with Crippen LogP contribution in [0.1, 0.15) is 13.8 Å². The molecule has 3 N–H and O–H groups in total. The number of fused-ring (bicyclic) bond motifs is 1. The Morgan fingerprint density at radius 1 is 1.35 bits per heavy atom. The zero-order valence-electron chi connectivity index (χ0n) is 13.0. The molecule has 2 aromatic heterocycles. The first-order valence-corrected chi connectivity index (χ1v) is 8.77. The van der Waals surface area contributed by atoms with E-state index in [2.05, 4.69) is 15.0 Å². The molecule has 126 valence electrons. The van der Waals surface area contributed by atoms with Crippen LogP contribution in [0.15, 0.2) is 24.5 Å². The molecule has 9 nitrogen and oxygen atoms in total. The van der Waals surface area contributed by atoms with E-state index in [4.69, 9.17) is 14.8 Å². The molecular weight excluding hydrogens is 321 g/mol. The van der Waals surface area contributed by atoms with Crippen molar-refractivity contribution >= 4 is 24.6 Å². The normalized spacial score (nSPS) is 13.9. The number of nitrogens with two attached hydrogens (primary N) is 1. The Labute approximate surface area is 133 Å². The first-order chi connectivity index (χ1) is 11.0. The standard InChI is InChI=1S/C13H20N5O4P/c1-3-21-23(20,22-4-2)6-5-10(19)7-18-9-17-11-12(14)15-8-16-13(11)18/h5-6,8-10,19H,3-4,7H2,1-2H3,(H2,14,15,16)/t10-/m1/s1. The fraction of sp³-hybridized carbons (Fsp3) is 0.462. The fourth-order valence-electron chi connectivity index (χ4n) is 1.98. The number of anilines is 1. The third kappa shape index (κ3) is 4.35. The highest BCUT2D eigenvalue weighted by atomic mass is 31.2. The van der Waals surface area contributed by atoms with Gasteiger partial charge in [-0.1, -0.05) is 0 Å². The maximum absolute atomic E-state index is 12.3. The molecule has 0 unspecified atom stereocenters. The molecule has 0 fully saturated rings. The third-order valence-electron chi connectivity index (χ3n) is 2.92. The highest BCUT2D eigenvalue weighted by Crippen LogP contribution is 2.49. The van der Waals surface area contributed by atoms with Gasteiger partial charge in [0.25, 0.3) is 0 Å². The number of imidazole rings is 1. The van der Waals surface area contributed by atoms with Crippen LogP contribution in [-0.4, -0.2) is 43.9 Å². The molecule has 0 aliphatic heterocycles. The average molecular weight is 341 g/mol. The van der Waals surface area contributed by atoms with Crippen molar-refractivity contribution in [3.63, 3.8) is 0 Å². The highest BCUT2D eigenvalue weighted by Gasteiger charge is 2.19. The molecule has 0 aromatic carbocycles. The van der Waals surface area contributed by atoms with Gasteiger partial charge in [-0.05, 0) is 19.9 Å². The lowest BCUT2D eigenvalue weighted by molar-refractivity contribution is 0.200. The summed E-state index contributed by atoms with van der Waals surface area (Å²) in [6.07, 6.45) is 3.30. The van der Waals surface area contributed by atoms with Gasteiger partial charge in [0.15, 0.2) is 11.5 Å². The second-order valence-corrected chi connectivity index (χ2v) is 6.51. The van der Waals surface area contributed by atoms with Crippen LogP contribution in [0.25, 0.3) is 11.2 Å². The van der Waals surface area contributed by atoms with Gasteiger partial charge < -0.3 is 24.5 Å². The van der Waals surface area contributed by atoms with E-state index >= 15 is 0 Å². The van der Waals surface area contributed by atoms with Gasteiger partial charge in [0.05, 0.1) is 32.2 Å². The minimum atomic E-state index is -3.33. The summed E-state index contributed by atoms with van der Waals surface area (Å²) in [6.45, 7) is 4.11. The van der Waals surface area contributed by atoms with Crippen molar-refractivity contribution in [1.82, 2.24) is 19.5 Å². The summed E-state index contributed by atoms with van der Waals surface area (Å²) in [5.41, 5.74) is 6.70. The zero-order valence-corrected chi connectivity index (χ0v) is 13.9. The van der Waals surface area contributed by atoms with E-state index in [0.29, 0.717) is 11.2 Å². The molecule has 0 aliphatic rings. The topological polar surface area (TPSA) is 125 Å². The molecule has 0 saturated carbocycles.